The number of hydrogen-bond donors (Lipinski definition) is 2. The van der Waals surface area contributed by atoms with Crippen LogP contribution >= 0.6 is 0 Å². The maximum absolute atomic E-state index is 12.0. The van der Waals surface area contributed by atoms with Gasteiger partial charge in [0.15, 0.2) is 0 Å². The monoisotopic (exact) mass is 278 g/mol. The highest BCUT2D eigenvalue weighted by Gasteiger charge is 2.07. The third-order valence-electron chi connectivity index (χ3n) is 3.05. The van der Waals surface area contributed by atoms with Gasteiger partial charge in [0.25, 0.3) is 5.91 Å². The SMILES string of the molecule is Cc1ncc(-c2ccc(NC(=O)c3ccccn3)cc2)[nH]1. The minimum Gasteiger partial charge on any atom is -0.342 e. The number of aromatic nitrogens is 3. The number of nitrogens with zero attached hydrogens (tertiary/aromatic N) is 2. The van der Waals surface area contributed by atoms with Crippen molar-refractivity contribution >= 4 is 11.6 Å². The van der Waals surface area contributed by atoms with E-state index in [0.29, 0.717) is 5.69 Å². The molecule has 0 saturated carbocycles. The highest BCUT2D eigenvalue weighted by atomic mass is 16.1. The van der Waals surface area contributed by atoms with Crippen molar-refractivity contribution in [2.45, 2.75) is 6.92 Å². The summed E-state index contributed by atoms with van der Waals surface area (Å²) < 4.78 is 0. The van der Waals surface area contributed by atoms with Crippen molar-refractivity contribution in [2.24, 2.45) is 0 Å². The minimum absolute atomic E-state index is 0.222. The molecule has 2 N–H and O–H groups in total. The number of carbonyl (C=O) groups excluding carboxylic acids is 1. The Bertz CT molecular complexity index is 747. The van der Waals surface area contributed by atoms with Gasteiger partial charge in [-0.2, -0.15) is 0 Å². The average Bonchev–Trinajstić information content (AvgIpc) is 2.95. The van der Waals surface area contributed by atoms with Gasteiger partial charge in [-0.05, 0) is 36.8 Å². The van der Waals surface area contributed by atoms with Crippen molar-refractivity contribution < 1.29 is 4.79 Å². The minimum atomic E-state index is -0.222. The summed E-state index contributed by atoms with van der Waals surface area (Å²) in [6, 6.07) is 12.8. The maximum atomic E-state index is 12.0. The first-order valence-corrected chi connectivity index (χ1v) is 6.57. The first-order chi connectivity index (χ1) is 10.2. The van der Waals surface area contributed by atoms with Crippen LogP contribution in [0.25, 0.3) is 11.3 Å². The summed E-state index contributed by atoms with van der Waals surface area (Å²) in [6.07, 6.45) is 3.38. The predicted molar refractivity (Wildman–Crippen MR) is 81.0 cm³/mol. The number of carbonyl (C=O) groups is 1. The first-order valence-electron chi connectivity index (χ1n) is 6.57. The van der Waals surface area contributed by atoms with Crippen molar-refractivity contribution in [1.82, 2.24) is 15.0 Å². The van der Waals surface area contributed by atoms with Crippen LogP contribution in [0.1, 0.15) is 16.3 Å². The summed E-state index contributed by atoms with van der Waals surface area (Å²) in [5.41, 5.74) is 3.10. The third kappa shape index (κ3) is 2.97. The Kier molecular flexibility index (Phi) is 3.47. The van der Waals surface area contributed by atoms with Crippen LogP contribution in [0.5, 0.6) is 0 Å². The van der Waals surface area contributed by atoms with E-state index in [9.17, 15) is 4.79 Å². The molecule has 3 rings (SSSR count). The van der Waals surface area contributed by atoms with Gasteiger partial charge in [-0.1, -0.05) is 18.2 Å². The van der Waals surface area contributed by atoms with Gasteiger partial charge in [0, 0.05) is 11.9 Å². The second kappa shape index (κ2) is 5.58. The van der Waals surface area contributed by atoms with Crippen LogP contribution in [0.2, 0.25) is 0 Å². The molecule has 1 aromatic carbocycles. The van der Waals surface area contributed by atoms with Gasteiger partial charge in [0.2, 0.25) is 0 Å². The number of H-pyrrole nitrogens is 1. The van der Waals surface area contributed by atoms with E-state index in [1.807, 2.05) is 31.2 Å². The smallest absolute Gasteiger partial charge is 0.274 e. The number of anilines is 1. The van der Waals surface area contributed by atoms with Crippen LogP contribution in [-0.4, -0.2) is 20.9 Å². The van der Waals surface area contributed by atoms with Crippen molar-refractivity contribution in [1.29, 1.82) is 0 Å². The Morgan fingerprint density at radius 2 is 1.90 bits per heavy atom. The zero-order valence-corrected chi connectivity index (χ0v) is 11.5. The lowest BCUT2D eigenvalue weighted by atomic mass is 10.1. The van der Waals surface area contributed by atoms with Gasteiger partial charge in [-0.15, -0.1) is 0 Å². The molecule has 5 nitrogen and oxygen atoms in total. The second-order valence-corrected chi connectivity index (χ2v) is 4.63. The lowest BCUT2D eigenvalue weighted by molar-refractivity contribution is 0.102. The van der Waals surface area contributed by atoms with Crippen molar-refractivity contribution in [2.75, 3.05) is 5.32 Å². The molecule has 0 atom stereocenters. The molecule has 0 bridgehead atoms. The summed E-state index contributed by atoms with van der Waals surface area (Å²) in [4.78, 5) is 23.3. The van der Waals surface area contributed by atoms with E-state index in [4.69, 9.17) is 0 Å². The molecule has 0 radical (unpaired) electrons. The van der Waals surface area contributed by atoms with Crippen LogP contribution < -0.4 is 5.32 Å². The van der Waals surface area contributed by atoms with Crippen molar-refractivity contribution in [3.8, 4) is 11.3 Å². The van der Waals surface area contributed by atoms with Gasteiger partial charge in [0.1, 0.15) is 11.5 Å². The lowest BCUT2D eigenvalue weighted by Gasteiger charge is -2.05. The Morgan fingerprint density at radius 1 is 1.10 bits per heavy atom. The number of imidazole rings is 1. The molecule has 0 unspecified atom stereocenters. The molecule has 0 aliphatic carbocycles. The largest absolute Gasteiger partial charge is 0.342 e. The molecule has 3 aromatic rings. The molecule has 2 aromatic heterocycles. The quantitative estimate of drug-likeness (QED) is 0.773. The number of hydrogen-bond acceptors (Lipinski definition) is 3. The summed E-state index contributed by atoms with van der Waals surface area (Å²) in [7, 11) is 0. The summed E-state index contributed by atoms with van der Waals surface area (Å²) >= 11 is 0. The van der Waals surface area contributed by atoms with Gasteiger partial charge in [-0.25, -0.2) is 4.98 Å². The molecule has 0 fully saturated rings. The molecular formula is C16H14N4O. The molecule has 0 saturated heterocycles. The van der Waals surface area contributed by atoms with E-state index in [-0.39, 0.29) is 5.91 Å². The van der Waals surface area contributed by atoms with Gasteiger partial charge in [-0.3, -0.25) is 9.78 Å². The van der Waals surface area contributed by atoms with Crippen LogP contribution in [0.15, 0.2) is 54.9 Å². The summed E-state index contributed by atoms with van der Waals surface area (Å²) in [5.74, 6) is 0.651. The number of rotatable bonds is 3. The standard InChI is InChI=1S/C16H14N4O/c1-11-18-10-15(19-11)12-5-7-13(8-6-12)20-16(21)14-4-2-3-9-17-14/h2-10H,1H3,(H,18,19)(H,20,21). The molecule has 104 valence electrons. The van der Waals surface area contributed by atoms with Crippen molar-refractivity contribution in [3.05, 3.63) is 66.4 Å². The molecule has 5 heteroatoms. The van der Waals surface area contributed by atoms with E-state index < -0.39 is 0 Å². The number of benzene rings is 1. The number of aromatic amines is 1. The Hall–Kier alpha value is -2.95. The molecule has 2 heterocycles. The Morgan fingerprint density at radius 3 is 2.52 bits per heavy atom. The molecule has 1 amide bonds. The average molecular weight is 278 g/mol. The molecule has 0 spiro atoms. The lowest BCUT2D eigenvalue weighted by Crippen LogP contribution is -2.13. The zero-order valence-electron chi connectivity index (χ0n) is 11.5. The molecular weight excluding hydrogens is 264 g/mol. The predicted octanol–water partition coefficient (Wildman–Crippen LogP) is 3.03. The van der Waals surface area contributed by atoms with E-state index in [1.54, 1.807) is 30.6 Å². The van der Waals surface area contributed by atoms with Gasteiger partial charge >= 0.3 is 0 Å². The fourth-order valence-electron chi connectivity index (χ4n) is 1.99. The first kappa shape index (κ1) is 13.1. The van der Waals surface area contributed by atoms with Crippen LogP contribution in [0.4, 0.5) is 5.69 Å². The van der Waals surface area contributed by atoms with E-state index in [1.165, 1.54) is 0 Å². The van der Waals surface area contributed by atoms with E-state index in [2.05, 4.69) is 20.3 Å². The highest BCUT2D eigenvalue weighted by Crippen LogP contribution is 2.19. The van der Waals surface area contributed by atoms with E-state index in [0.717, 1.165) is 22.8 Å². The number of nitrogens with one attached hydrogen (secondary N) is 2. The van der Waals surface area contributed by atoms with Crippen LogP contribution in [0.3, 0.4) is 0 Å². The second-order valence-electron chi connectivity index (χ2n) is 4.63. The number of pyridine rings is 1. The van der Waals surface area contributed by atoms with E-state index >= 15 is 0 Å². The normalized spacial score (nSPS) is 10.3. The van der Waals surface area contributed by atoms with Crippen LogP contribution in [0, 0.1) is 6.92 Å². The third-order valence-corrected chi connectivity index (χ3v) is 3.05. The summed E-state index contributed by atoms with van der Waals surface area (Å²) in [5, 5.41) is 2.81. The summed E-state index contributed by atoms with van der Waals surface area (Å²) in [6.45, 7) is 1.91. The molecule has 0 aliphatic heterocycles. The Balaban J connectivity index is 1.74. The van der Waals surface area contributed by atoms with Gasteiger partial charge < -0.3 is 10.3 Å². The molecule has 0 aliphatic rings. The highest BCUT2D eigenvalue weighted by molar-refractivity contribution is 6.02. The van der Waals surface area contributed by atoms with Crippen LogP contribution in [-0.2, 0) is 0 Å². The van der Waals surface area contributed by atoms with Gasteiger partial charge in [0.05, 0.1) is 11.9 Å². The maximum Gasteiger partial charge on any atom is 0.274 e. The molecule has 21 heavy (non-hydrogen) atoms. The Labute approximate surface area is 122 Å². The number of aryl methyl sites for hydroxylation is 1. The fraction of sp³-hybridized carbons (Fsp3) is 0.0625. The fourth-order valence-corrected chi connectivity index (χ4v) is 1.99. The van der Waals surface area contributed by atoms with Crippen molar-refractivity contribution in [3.63, 3.8) is 0 Å². The number of amides is 1. The topological polar surface area (TPSA) is 70.7 Å². The zero-order chi connectivity index (χ0) is 14.7.